The Labute approximate surface area is 161 Å². The maximum Gasteiger partial charge on any atom is 0.410 e. The summed E-state index contributed by atoms with van der Waals surface area (Å²) in [5.74, 6) is 0.721. The third-order valence-corrected chi connectivity index (χ3v) is 6.00. The number of hydrogen-bond donors (Lipinski definition) is 1. The number of nitrogens with zero attached hydrogens (tertiary/aromatic N) is 2. The molecule has 1 saturated heterocycles. The molecule has 2 heterocycles. The van der Waals surface area contributed by atoms with Crippen molar-refractivity contribution < 1.29 is 19.2 Å². The van der Waals surface area contributed by atoms with Gasteiger partial charge in [-0.2, -0.15) is 0 Å². The summed E-state index contributed by atoms with van der Waals surface area (Å²) in [7, 11) is 1.71. The Morgan fingerprint density at radius 1 is 1.19 bits per heavy atom. The number of carbonyl (C=O) groups is 2. The molecule has 27 heavy (non-hydrogen) atoms. The van der Waals surface area contributed by atoms with Crippen LogP contribution in [0.15, 0.2) is 5.16 Å². The maximum atomic E-state index is 12.2. The van der Waals surface area contributed by atoms with Gasteiger partial charge in [0, 0.05) is 51.2 Å². The van der Waals surface area contributed by atoms with Crippen LogP contribution in [-0.2, 0) is 14.4 Å². The van der Waals surface area contributed by atoms with Crippen LogP contribution >= 0.6 is 0 Å². The van der Waals surface area contributed by atoms with Gasteiger partial charge in [0.25, 0.3) is 0 Å². The standard InChI is InChI=1S/C20H33N3O4/c1-19(2,3)26-18(25)23-11-9-20(10-12-23)13-16(22-27-20)14-5-7-15(8-6-14)17(24)21-4/h14-15H,5-13H2,1-4H3,(H,21,24)/t14-,15-. The molecule has 0 bridgehead atoms. The van der Waals surface area contributed by atoms with Crippen LogP contribution in [-0.4, -0.2) is 54.0 Å². The van der Waals surface area contributed by atoms with E-state index in [1.807, 2.05) is 20.8 Å². The van der Waals surface area contributed by atoms with E-state index in [0.717, 1.165) is 50.7 Å². The van der Waals surface area contributed by atoms with Crippen molar-refractivity contribution in [3.05, 3.63) is 0 Å². The fourth-order valence-electron chi connectivity index (χ4n) is 4.35. The zero-order valence-electron chi connectivity index (χ0n) is 17.0. The van der Waals surface area contributed by atoms with E-state index in [-0.39, 0.29) is 23.5 Å². The Balaban J connectivity index is 1.47. The molecule has 7 heteroatoms. The molecule has 0 aromatic carbocycles. The fourth-order valence-corrected chi connectivity index (χ4v) is 4.35. The molecule has 1 spiro atoms. The highest BCUT2D eigenvalue weighted by atomic mass is 16.7. The maximum absolute atomic E-state index is 12.2. The van der Waals surface area contributed by atoms with Gasteiger partial charge >= 0.3 is 6.09 Å². The molecule has 152 valence electrons. The van der Waals surface area contributed by atoms with Crippen LogP contribution in [0.3, 0.4) is 0 Å². The van der Waals surface area contributed by atoms with E-state index in [9.17, 15) is 9.59 Å². The second-order valence-electron chi connectivity index (χ2n) is 9.16. The summed E-state index contributed by atoms with van der Waals surface area (Å²) in [6.07, 6.45) is 6.01. The minimum atomic E-state index is -0.472. The van der Waals surface area contributed by atoms with E-state index in [0.29, 0.717) is 19.0 Å². The van der Waals surface area contributed by atoms with Gasteiger partial charge in [0.15, 0.2) is 0 Å². The van der Waals surface area contributed by atoms with E-state index in [1.54, 1.807) is 11.9 Å². The summed E-state index contributed by atoms with van der Waals surface area (Å²) in [5.41, 5.74) is 0.418. The first kappa shape index (κ1) is 20.0. The minimum absolute atomic E-state index is 0.139. The number of carbonyl (C=O) groups excluding carboxylic acids is 2. The van der Waals surface area contributed by atoms with Gasteiger partial charge in [0.2, 0.25) is 5.91 Å². The molecule has 2 aliphatic heterocycles. The summed E-state index contributed by atoms with van der Waals surface area (Å²) in [5, 5.41) is 7.19. The fraction of sp³-hybridized carbons (Fsp3) is 0.850. The first-order valence-electron chi connectivity index (χ1n) is 10.2. The van der Waals surface area contributed by atoms with Crippen LogP contribution in [0.1, 0.15) is 65.7 Å². The first-order chi connectivity index (χ1) is 12.7. The summed E-state index contributed by atoms with van der Waals surface area (Å²) in [6.45, 7) is 6.93. The smallest absolute Gasteiger partial charge is 0.410 e. The van der Waals surface area contributed by atoms with E-state index < -0.39 is 5.60 Å². The first-order valence-corrected chi connectivity index (χ1v) is 10.2. The molecule has 1 aliphatic carbocycles. The van der Waals surface area contributed by atoms with Gasteiger partial charge in [-0.25, -0.2) is 4.79 Å². The molecule has 3 aliphatic rings. The van der Waals surface area contributed by atoms with Crippen molar-refractivity contribution in [3.8, 4) is 0 Å². The van der Waals surface area contributed by atoms with E-state index >= 15 is 0 Å². The quantitative estimate of drug-likeness (QED) is 0.799. The predicted molar refractivity (Wildman–Crippen MR) is 102 cm³/mol. The Kier molecular flexibility index (Phi) is 5.68. The molecule has 7 nitrogen and oxygen atoms in total. The van der Waals surface area contributed by atoms with Crippen LogP contribution in [0.2, 0.25) is 0 Å². The number of amides is 2. The van der Waals surface area contributed by atoms with Crippen molar-refractivity contribution >= 4 is 17.7 Å². The predicted octanol–water partition coefficient (Wildman–Crippen LogP) is 3.08. The molecule has 0 aromatic heterocycles. The molecule has 2 fully saturated rings. The second-order valence-corrected chi connectivity index (χ2v) is 9.16. The third-order valence-electron chi connectivity index (χ3n) is 6.00. The zero-order chi connectivity index (χ0) is 19.7. The molecule has 0 unspecified atom stereocenters. The largest absolute Gasteiger partial charge is 0.444 e. The average molecular weight is 380 g/mol. The Hall–Kier alpha value is -1.79. The average Bonchev–Trinajstić information content (AvgIpc) is 3.04. The molecule has 3 rings (SSSR count). The molecule has 1 saturated carbocycles. The number of oxime groups is 1. The number of likely N-dealkylation sites (tertiary alicyclic amines) is 1. The van der Waals surface area contributed by atoms with Crippen molar-refractivity contribution in [2.75, 3.05) is 20.1 Å². The number of rotatable bonds is 2. The lowest BCUT2D eigenvalue weighted by atomic mass is 9.76. The van der Waals surface area contributed by atoms with Crippen molar-refractivity contribution in [2.24, 2.45) is 17.0 Å². The zero-order valence-corrected chi connectivity index (χ0v) is 17.0. The van der Waals surface area contributed by atoms with Gasteiger partial charge in [0.1, 0.15) is 11.2 Å². The lowest BCUT2D eigenvalue weighted by Crippen LogP contribution is -2.48. The highest BCUT2D eigenvalue weighted by Crippen LogP contribution is 2.40. The number of ether oxygens (including phenoxy) is 1. The third kappa shape index (κ3) is 4.74. The van der Waals surface area contributed by atoms with Crippen molar-refractivity contribution in [2.45, 2.75) is 76.9 Å². The van der Waals surface area contributed by atoms with Gasteiger partial charge in [-0.15, -0.1) is 0 Å². The van der Waals surface area contributed by atoms with Crippen LogP contribution in [0.4, 0.5) is 4.79 Å². The summed E-state index contributed by atoms with van der Waals surface area (Å²) in [6, 6.07) is 0. The van der Waals surface area contributed by atoms with Crippen LogP contribution in [0, 0.1) is 11.8 Å². The Bertz CT molecular complexity index is 595. The highest BCUT2D eigenvalue weighted by Gasteiger charge is 2.45. The number of piperidine rings is 1. The lowest BCUT2D eigenvalue weighted by molar-refractivity contribution is -0.125. The normalized spacial score (nSPS) is 27.7. The topological polar surface area (TPSA) is 80.2 Å². The van der Waals surface area contributed by atoms with Gasteiger partial charge < -0.3 is 19.8 Å². The molecule has 0 aromatic rings. The lowest BCUT2D eigenvalue weighted by Gasteiger charge is -2.38. The SMILES string of the molecule is CNC(=O)[C@H]1CC[C@H](C2=NOC3(CCN(C(=O)OC(C)(C)C)CC3)C2)CC1. The van der Waals surface area contributed by atoms with Gasteiger partial charge in [-0.1, -0.05) is 5.16 Å². The molecule has 2 amide bonds. The number of nitrogens with one attached hydrogen (secondary N) is 1. The van der Waals surface area contributed by atoms with Crippen molar-refractivity contribution in [1.82, 2.24) is 10.2 Å². The molecular weight excluding hydrogens is 346 g/mol. The molecule has 0 radical (unpaired) electrons. The summed E-state index contributed by atoms with van der Waals surface area (Å²) in [4.78, 5) is 31.7. The van der Waals surface area contributed by atoms with Crippen LogP contribution in [0.25, 0.3) is 0 Å². The van der Waals surface area contributed by atoms with Crippen molar-refractivity contribution in [1.29, 1.82) is 0 Å². The monoisotopic (exact) mass is 379 g/mol. The van der Waals surface area contributed by atoms with Crippen LogP contribution in [0.5, 0.6) is 0 Å². The van der Waals surface area contributed by atoms with E-state index in [1.165, 1.54) is 0 Å². The molecular formula is C20H33N3O4. The highest BCUT2D eigenvalue weighted by molar-refractivity contribution is 5.89. The van der Waals surface area contributed by atoms with E-state index in [4.69, 9.17) is 9.57 Å². The van der Waals surface area contributed by atoms with Gasteiger partial charge in [0.05, 0.1) is 5.71 Å². The summed E-state index contributed by atoms with van der Waals surface area (Å²) < 4.78 is 5.47. The van der Waals surface area contributed by atoms with Crippen LogP contribution < -0.4 is 5.32 Å². The summed E-state index contributed by atoms with van der Waals surface area (Å²) >= 11 is 0. The van der Waals surface area contributed by atoms with Crippen molar-refractivity contribution in [3.63, 3.8) is 0 Å². The molecule has 0 atom stereocenters. The number of hydrogen-bond acceptors (Lipinski definition) is 5. The Morgan fingerprint density at radius 3 is 2.37 bits per heavy atom. The van der Waals surface area contributed by atoms with E-state index in [2.05, 4.69) is 10.5 Å². The Morgan fingerprint density at radius 2 is 1.81 bits per heavy atom. The second kappa shape index (κ2) is 7.68. The van der Waals surface area contributed by atoms with Gasteiger partial charge in [-0.3, -0.25) is 4.79 Å². The van der Waals surface area contributed by atoms with Gasteiger partial charge in [-0.05, 0) is 46.5 Å². The molecule has 1 N–H and O–H groups in total. The minimum Gasteiger partial charge on any atom is -0.444 e.